The predicted octanol–water partition coefficient (Wildman–Crippen LogP) is 1.82. The average molecular weight is 316 g/mol. The van der Waals surface area contributed by atoms with Gasteiger partial charge < -0.3 is 19.7 Å². The van der Waals surface area contributed by atoms with Gasteiger partial charge in [0.2, 0.25) is 6.10 Å². The molecule has 2 saturated heterocycles. The second-order valence-corrected chi connectivity index (χ2v) is 6.94. The van der Waals surface area contributed by atoms with Crippen molar-refractivity contribution in [3.8, 4) is 11.5 Å². The van der Waals surface area contributed by atoms with Crippen molar-refractivity contribution < 1.29 is 14.3 Å². The van der Waals surface area contributed by atoms with Crippen LogP contribution in [-0.2, 0) is 4.79 Å². The predicted molar refractivity (Wildman–Crippen MR) is 86.7 cm³/mol. The summed E-state index contributed by atoms with van der Waals surface area (Å²) < 4.78 is 11.5. The molecule has 1 aromatic carbocycles. The van der Waals surface area contributed by atoms with Crippen LogP contribution in [0.2, 0.25) is 0 Å². The van der Waals surface area contributed by atoms with E-state index in [1.54, 1.807) is 0 Å². The van der Waals surface area contributed by atoms with Crippen LogP contribution < -0.4 is 14.8 Å². The van der Waals surface area contributed by atoms with E-state index < -0.39 is 6.10 Å². The highest BCUT2D eigenvalue weighted by Crippen LogP contribution is 2.40. The number of carbonyl (C=O) groups excluding carboxylic acids is 1. The number of amides is 1. The lowest BCUT2D eigenvalue weighted by atomic mass is 9.71. The fourth-order valence-electron chi connectivity index (χ4n) is 4.00. The summed E-state index contributed by atoms with van der Waals surface area (Å²) >= 11 is 0. The standard InChI is InChI=1S/C18H24N2O3/c21-17(16-13-22-14-3-1-2-4-15(14)23-16)20-11-7-18(8-12-20)5-9-19-10-6-18/h1-4,16,19H,5-13H2. The first-order valence-electron chi connectivity index (χ1n) is 8.64. The number of nitrogens with zero attached hydrogens (tertiary/aromatic N) is 1. The topological polar surface area (TPSA) is 50.8 Å². The van der Waals surface area contributed by atoms with Gasteiger partial charge in [-0.1, -0.05) is 12.1 Å². The van der Waals surface area contributed by atoms with Crippen molar-refractivity contribution >= 4 is 5.91 Å². The minimum Gasteiger partial charge on any atom is -0.485 e. The number of likely N-dealkylation sites (tertiary alicyclic amines) is 1. The number of para-hydroxylation sites is 2. The van der Waals surface area contributed by atoms with Gasteiger partial charge in [0.1, 0.15) is 6.61 Å². The third-order valence-corrected chi connectivity index (χ3v) is 5.58. The second kappa shape index (κ2) is 6.04. The number of piperidine rings is 2. The molecular weight excluding hydrogens is 292 g/mol. The van der Waals surface area contributed by atoms with E-state index in [1.165, 1.54) is 12.8 Å². The number of ether oxygens (including phenoxy) is 2. The largest absolute Gasteiger partial charge is 0.485 e. The molecule has 0 aliphatic carbocycles. The maximum atomic E-state index is 12.7. The highest BCUT2D eigenvalue weighted by molar-refractivity contribution is 5.82. The fraction of sp³-hybridized carbons (Fsp3) is 0.611. The molecule has 1 spiro atoms. The molecule has 124 valence electrons. The van der Waals surface area contributed by atoms with E-state index in [0.717, 1.165) is 44.8 Å². The van der Waals surface area contributed by atoms with E-state index in [2.05, 4.69) is 5.32 Å². The summed E-state index contributed by atoms with van der Waals surface area (Å²) in [6.45, 7) is 4.23. The molecule has 0 aromatic heterocycles. The van der Waals surface area contributed by atoms with Gasteiger partial charge in [-0.25, -0.2) is 0 Å². The van der Waals surface area contributed by atoms with Crippen LogP contribution in [0.5, 0.6) is 11.5 Å². The van der Waals surface area contributed by atoms with E-state index in [-0.39, 0.29) is 5.91 Å². The van der Waals surface area contributed by atoms with Crippen LogP contribution >= 0.6 is 0 Å². The molecule has 1 amide bonds. The molecule has 3 aliphatic heterocycles. The van der Waals surface area contributed by atoms with Crippen LogP contribution in [0.15, 0.2) is 24.3 Å². The summed E-state index contributed by atoms with van der Waals surface area (Å²) in [5.74, 6) is 1.47. The lowest BCUT2D eigenvalue weighted by Crippen LogP contribution is -2.52. The van der Waals surface area contributed by atoms with E-state index in [1.807, 2.05) is 29.2 Å². The minimum atomic E-state index is -0.507. The van der Waals surface area contributed by atoms with Crippen molar-refractivity contribution in [3.05, 3.63) is 24.3 Å². The third kappa shape index (κ3) is 2.90. The zero-order valence-corrected chi connectivity index (χ0v) is 13.4. The molecule has 0 bridgehead atoms. The zero-order chi connectivity index (χ0) is 15.7. The van der Waals surface area contributed by atoms with Gasteiger partial charge in [-0.15, -0.1) is 0 Å². The van der Waals surface area contributed by atoms with Crippen molar-refractivity contribution in [3.63, 3.8) is 0 Å². The van der Waals surface area contributed by atoms with Crippen LogP contribution in [0, 0.1) is 5.41 Å². The summed E-state index contributed by atoms with van der Waals surface area (Å²) in [6, 6.07) is 7.54. The number of carbonyl (C=O) groups is 1. The van der Waals surface area contributed by atoms with Crippen LogP contribution in [0.3, 0.4) is 0 Å². The monoisotopic (exact) mass is 316 g/mol. The Labute approximate surface area is 136 Å². The first-order chi connectivity index (χ1) is 11.3. The van der Waals surface area contributed by atoms with Crippen molar-refractivity contribution in [2.75, 3.05) is 32.8 Å². The number of fused-ring (bicyclic) bond motifs is 1. The van der Waals surface area contributed by atoms with Crippen LogP contribution in [-0.4, -0.2) is 49.7 Å². The van der Waals surface area contributed by atoms with Gasteiger partial charge >= 0.3 is 0 Å². The molecule has 4 rings (SSSR count). The average Bonchev–Trinajstić information content (AvgIpc) is 2.62. The van der Waals surface area contributed by atoms with Crippen LogP contribution in [0.4, 0.5) is 0 Å². The Morgan fingerprint density at radius 3 is 2.52 bits per heavy atom. The zero-order valence-electron chi connectivity index (χ0n) is 13.4. The van der Waals surface area contributed by atoms with Gasteiger partial charge in [0, 0.05) is 13.1 Å². The second-order valence-electron chi connectivity index (χ2n) is 6.94. The quantitative estimate of drug-likeness (QED) is 0.859. The van der Waals surface area contributed by atoms with E-state index in [0.29, 0.717) is 17.8 Å². The molecule has 0 saturated carbocycles. The molecule has 3 heterocycles. The van der Waals surface area contributed by atoms with E-state index >= 15 is 0 Å². The van der Waals surface area contributed by atoms with E-state index in [4.69, 9.17) is 9.47 Å². The van der Waals surface area contributed by atoms with Gasteiger partial charge in [0.15, 0.2) is 11.5 Å². The number of rotatable bonds is 1. The molecular formula is C18H24N2O3. The van der Waals surface area contributed by atoms with E-state index in [9.17, 15) is 4.79 Å². The van der Waals surface area contributed by atoms with Crippen LogP contribution in [0.1, 0.15) is 25.7 Å². The van der Waals surface area contributed by atoms with Gasteiger partial charge in [0.25, 0.3) is 5.91 Å². The first kappa shape index (κ1) is 14.8. The van der Waals surface area contributed by atoms with Gasteiger partial charge in [-0.05, 0) is 56.3 Å². The first-order valence-corrected chi connectivity index (χ1v) is 8.64. The molecule has 5 nitrogen and oxygen atoms in total. The fourth-order valence-corrected chi connectivity index (χ4v) is 4.00. The molecule has 23 heavy (non-hydrogen) atoms. The Balaban J connectivity index is 1.37. The highest BCUT2D eigenvalue weighted by Gasteiger charge is 2.39. The lowest BCUT2D eigenvalue weighted by Gasteiger charge is -2.45. The SMILES string of the molecule is O=C(C1COc2ccccc2O1)N1CCC2(CCNCC2)CC1. The van der Waals surface area contributed by atoms with Gasteiger partial charge in [-0.2, -0.15) is 0 Å². The molecule has 1 N–H and O–H groups in total. The third-order valence-electron chi connectivity index (χ3n) is 5.58. The number of nitrogens with one attached hydrogen (secondary N) is 1. The Kier molecular flexibility index (Phi) is 3.89. The molecule has 1 atom stereocenters. The molecule has 0 radical (unpaired) electrons. The summed E-state index contributed by atoms with van der Waals surface area (Å²) in [7, 11) is 0. The normalized spacial score (nSPS) is 26.1. The van der Waals surface area contributed by atoms with Crippen molar-refractivity contribution in [2.24, 2.45) is 5.41 Å². The van der Waals surface area contributed by atoms with Crippen LogP contribution in [0.25, 0.3) is 0 Å². The summed E-state index contributed by atoms with van der Waals surface area (Å²) in [5.41, 5.74) is 0.457. The molecule has 3 aliphatic rings. The highest BCUT2D eigenvalue weighted by atomic mass is 16.6. The molecule has 1 aromatic rings. The number of benzene rings is 1. The molecule has 5 heteroatoms. The maximum absolute atomic E-state index is 12.7. The summed E-state index contributed by atoms with van der Waals surface area (Å²) in [6.07, 6.45) is 4.21. The number of hydrogen-bond acceptors (Lipinski definition) is 4. The molecule has 1 unspecified atom stereocenters. The van der Waals surface area contributed by atoms with Gasteiger partial charge in [0.05, 0.1) is 0 Å². The Morgan fingerprint density at radius 2 is 1.78 bits per heavy atom. The Bertz CT molecular complexity index is 573. The smallest absolute Gasteiger partial charge is 0.267 e. The van der Waals surface area contributed by atoms with Crippen molar-refractivity contribution in [1.82, 2.24) is 10.2 Å². The Morgan fingerprint density at radius 1 is 1.09 bits per heavy atom. The summed E-state index contributed by atoms with van der Waals surface area (Å²) in [4.78, 5) is 14.7. The molecule has 2 fully saturated rings. The Hall–Kier alpha value is -1.75. The van der Waals surface area contributed by atoms with Crippen molar-refractivity contribution in [2.45, 2.75) is 31.8 Å². The minimum absolute atomic E-state index is 0.0725. The van der Waals surface area contributed by atoms with Gasteiger partial charge in [-0.3, -0.25) is 4.79 Å². The maximum Gasteiger partial charge on any atom is 0.267 e. The van der Waals surface area contributed by atoms with Crippen molar-refractivity contribution in [1.29, 1.82) is 0 Å². The summed E-state index contributed by atoms with van der Waals surface area (Å²) in [5, 5.41) is 3.43. The lowest BCUT2D eigenvalue weighted by molar-refractivity contribution is -0.143. The number of hydrogen-bond donors (Lipinski definition) is 1.